The zero-order valence-electron chi connectivity index (χ0n) is 7.68. The first-order valence-electron chi connectivity index (χ1n) is 4.28. The van der Waals surface area contributed by atoms with E-state index in [4.69, 9.17) is 10.8 Å². The van der Waals surface area contributed by atoms with E-state index >= 15 is 0 Å². The molecule has 0 saturated carbocycles. The van der Waals surface area contributed by atoms with Crippen LogP contribution >= 0.6 is 0 Å². The Morgan fingerprint density at radius 2 is 2.00 bits per heavy atom. The Morgan fingerprint density at radius 1 is 1.50 bits per heavy atom. The van der Waals surface area contributed by atoms with E-state index in [1.54, 1.807) is 0 Å². The Morgan fingerprint density at radius 3 is 2.36 bits per heavy atom. The molecular formula is C8H13NO4S. The monoisotopic (exact) mass is 219 g/mol. The van der Waals surface area contributed by atoms with Crippen LogP contribution in [0.1, 0.15) is 19.3 Å². The van der Waals surface area contributed by atoms with Crippen molar-refractivity contribution in [2.45, 2.75) is 24.9 Å². The highest BCUT2D eigenvalue weighted by Gasteiger charge is 2.34. The Balaban J connectivity index is 2.54. The van der Waals surface area contributed by atoms with Crippen molar-refractivity contribution in [1.29, 1.82) is 0 Å². The van der Waals surface area contributed by atoms with Crippen molar-refractivity contribution >= 4 is 16.4 Å². The lowest BCUT2D eigenvalue weighted by molar-refractivity contribution is -0.144. The second-order valence-corrected chi connectivity index (χ2v) is 4.57. The maximum absolute atomic E-state index is 10.8. The van der Waals surface area contributed by atoms with Gasteiger partial charge in [-0.3, -0.25) is 4.79 Å². The number of carbonyl (C=O) groups is 1. The minimum atomic E-state index is -1.52. The van der Waals surface area contributed by atoms with E-state index in [2.05, 4.69) is 0 Å². The minimum absolute atomic E-state index is 0.266. The number of piperidine rings is 1. The third kappa shape index (κ3) is 2.85. The molecule has 0 aromatic heterocycles. The zero-order valence-corrected chi connectivity index (χ0v) is 8.50. The van der Waals surface area contributed by atoms with Gasteiger partial charge in [0, 0.05) is 13.1 Å². The molecule has 1 aliphatic heterocycles. The molecule has 0 aromatic rings. The number of aliphatic carboxylic acids is 1. The normalized spacial score (nSPS) is 21.7. The molecule has 1 aliphatic rings. The molecule has 1 rings (SSSR count). The number of rotatable bonds is 2. The number of nitrogens with zero attached hydrogens (tertiary/aromatic N) is 1. The molecule has 0 atom stereocenters. The van der Waals surface area contributed by atoms with Gasteiger partial charge in [0.25, 0.3) is 0 Å². The van der Waals surface area contributed by atoms with E-state index in [-0.39, 0.29) is 6.42 Å². The molecular weight excluding hydrogens is 206 g/mol. The van der Waals surface area contributed by atoms with Gasteiger partial charge in [-0.2, -0.15) is 0 Å². The van der Waals surface area contributed by atoms with Crippen LogP contribution in [-0.4, -0.2) is 43.4 Å². The Hall–Kier alpha value is -0.810. The van der Waals surface area contributed by atoms with E-state index < -0.39 is 22.0 Å². The van der Waals surface area contributed by atoms with Crippen molar-refractivity contribution in [3.8, 4) is 5.69 Å². The second-order valence-electron chi connectivity index (χ2n) is 3.50. The maximum atomic E-state index is 10.8. The average molecular weight is 219 g/mol. The van der Waals surface area contributed by atoms with Gasteiger partial charge < -0.3 is 10.2 Å². The molecule has 14 heavy (non-hydrogen) atoms. The number of aliphatic hydroxyl groups is 1. The summed E-state index contributed by atoms with van der Waals surface area (Å²) in [5.41, 5.74) is 3.99. The smallest absolute Gasteiger partial charge is 0.306 e. The van der Waals surface area contributed by atoms with Crippen molar-refractivity contribution in [2.75, 3.05) is 13.1 Å². The second kappa shape index (κ2) is 4.14. The Kier molecular flexibility index (Phi) is 3.34. The summed E-state index contributed by atoms with van der Waals surface area (Å²) in [7, 11) is -1.52. The molecule has 0 radical (unpaired) electrons. The molecule has 1 fully saturated rings. The van der Waals surface area contributed by atoms with Crippen LogP contribution in [0.2, 0.25) is 0 Å². The minimum Gasteiger partial charge on any atom is -0.481 e. The van der Waals surface area contributed by atoms with Gasteiger partial charge in [0.1, 0.15) is 0 Å². The molecule has 80 valence electrons. The van der Waals surface area contributed by atoms with Crippen LogP contribution in [0, 0.1) is 5.69 Å². The largest absolute Gasteiger partial charge is 0.481 e. The molecule has 1 saturated heterocycles. The van der Waals surface area contributed by atoms with Gasteiger partial charge in [-0.15, -0.1) is 0 Å². The number of carboxylic acid groups (broad SMARTS) is 1. The van der Waals surface area contributed by atoms with Crippen molar-refractivity contribution in [3.05, 3.63) is 0 Å². The van der Waals surface area contributed by atoms with Crippen molar-refractivity contribution < 1.29 is 19.2 Å². The van der Waals surface area contributed by atoms with Crippen LogP contribution in [0.3, 0.4) is 0 Å². The first-order valence-corrected chi connectivity index (χ1v) is 5.45. The fraction of sp³-hybridized carbons (Fsp3) is 0.750. The SMILES string of the molecule is C#S(=O)N1CCC(O)(CC(=O)O)CC1. The van der Waals surface area contributed by atoms with Crippen LogP contribution in [-0.2, 0) is 15.2 Å². The summed E-state index contributed by atoms with van der Waals surface area (Å²) >= 11 is 0. The fourth-order valence-corrected chi connectivity index (χ4v) is 2.08. The molecule has 1 heterocycles. The molecule has 0 aromatic carbocycles. The van der Waals surface area contributed by atoms with Crippen LogP contribution < -0.4 is 0 Å². The molecule has 2 N–H and O–H groups in total. The van der Waals surface area contributed by atoms with E-state index in [1.807, 2.05) is 0 Å². The lowest BCUT2D eigenvalue weighted by Gasteiger charge is -2.34. The molecule has 0 unspecified atom stereocenters. The lowest BCUT2D eigenvalue weighted by Crippen LogP contribution is -2.44. The van der Waals surface area contributed by atoms with E-state index in [1.165, 1.54) is 4.31 Å². The van der Waals surface area contributed by atoms with Crippen molar-refractivity contribution in [2.24, 2.45) is 0 Å². The first kappa shape index (κ1) is 11.3. The van der Waals surface area contributed by atoms with Gasteiger partial charge in [0.05, 0.1) is 22.4 Å². The average Bonchev–Trinajstić information content (AvgIpc) is 2.02. The fourth-order valence-electron chi connectivity index (χ4n) is 1.54. The summed E-state index contributed by atoms with van der Waals surface area (Å²) in [6.07, 6.45) is 0.322. The van der Waals surface area contributed by atoms with Crippen molar-refractivity contribution in [3.63, 3.8) is 0 Å². The van der Waals surface area contributed by atoms with Crippen LogP contribution in [0.25, 0.3) is 0 Å². The Labute approximate surface area is 84.1 Å². The summed E-state index contributed by atoms with van der Waals surface area (Å²) < 4.78 is 12.4. The summed E-state index contributed by atoms with van der Waals surface area (Å²) in [6, 6.07) is 0. The quantitative estimate of drug-likeness (QED) is 0.659. The predicted octanol–water partition coefficient (Wildman–Crippen LogP) is -0.459. The Bertz CT molecular complexity index is 339. The predicted molar refractivity (Wildman–Crippen MR) is 51.1 cm³/mol. The van der Waals surface area contributed by atoms with E-state index in [9.17, 15) is 14.1 Å². The van der Waals surface area contributed by atoms with Gasteiger partial charge in [-0.25, -0.2) is 8.51 Å². The van der Waals surface area contributed by atoms with Gasteiger partial charge in [-0.05, 0) is 12.8 Å². The van der Waals surface area contributed by atoms with Crippen LogP contribution in [0.5, 0.6) is 0 Å². The molecule has 0 bridgehead atoms. The summed E-state index contributed by atoms with van der Waals surface area (Å²) in [5.74, 6) is -1.02. The standard InChI is InChI=1S/C8H13NO4S/c1-14(13)9-4-2-8(12,3-5-9)6-7(10)11/h1,12H,2-6H2,(H,10,11). The van der Waals surface area contributed by atoms with Gasteiger partial charge in [0.15, 0.2) is 0 Å². The van der Waals surface area contributed by atoms with E-state index in [0.717, 1.165) is 0 Å². The van der Waals surface area contributed by atoms with Crippen LogP contribution in [0.4, 0.5) is 0 Å². The van der Waals surface area contributed by atoms with Crippen LogP contribution in [0.15, 0.2) is 0 Å². The molecule has 0 aliphatic carbocycles. The third-order valence-electron chi connectivity index (χ3n) is 2.39. The first-order chi connectivity index (χ1) is 6.43. The number of hydrogen-bond acceptors (Lipinski definition) is 3. The summed E-state index contributed by atoms with van der Waals surface area (Å²) in [4.78, 5) is 10.4. The number of hydrogen-bond donors (Lipinski definition) is 2. The maximum Gasteiger partial charge on any atom is 0.306 e. The third-order valence-corrected chi connectivity index (χ3v) is 3.26. The number of carboxylic acids is 1. The summed E-state index contributed by atoms with van der Waals surface area (Å²) in [5, 5.41) is 18.3. The highest BCUT2D eigenvalue weighted by atomic mass is 32.2. The molecule has 0 spiro atoms. The molecule has 6 heteroatoms. The van der Waals surface area contributed by atoms with Gasteiger partial charge >= 0.3 is 5.97 Å². The van der Waals surface area contributed by atoms with Crippen molar-refractivity contribution in [1.82, 2.24) is 4.31 Å². The highest BCUT2D eigenvalue weighted by molar-refractivity contribution is 7.71. The highest BCUT2D eigenvalue weighted by Crippen LogP contribution is 2.25. The van der Waals surface area contributed by atoms with E-state index in [0.29, 0.717) is 25.9 Å². The van der Waals surface area contributed by atoms with Gasteiger partial charge in [0.2, 0.25) is 0 Å². The zero-order chi connectivity index (χ0) is 10.8. The van der Waals surface area contributed by atoms with Gasteiger partial charge in [-0.1, -0.05) is 5.69 Å². The molecule has 0 amide bonds. The lowest BCUT2D eigenvalue weighted by atomic mass is 9.89. The topological polar surface area (TPSA) is 77.8 Å². The summed E-state index contributed by atoms with van der Waals surface area (Å²) in [6.45, 7) is 0.736. The molecule has 5 nitrogen and oxygen atoms in total.